The third kappa shape index (κ3) is 5.06. The quantitative estimate of drug-likeness (QED) is 0.320. The molecule has 3 saturated heterocycles. The van der Waals surface area contributed by atoms with Gasteiger partial charge in [-0.25, -0.2) is 0 Å². The van der Waals surface area contributed by atoms with Gasteiger partial charge >= 0.3 is 157 Å². The summed E-state index contributed by atoms with van der Waals surface area (Å²) in [6.45, 7) is 0. The average Bonchev–Trinajstić information content (AvgIpc) is 3.25. The van der Waals surface area contributed by atoms with Crippen LogP contribution in [0.15, 0.2) is 0 Å². The van der Waals surface area contributed by atoms with Crippen LogP contribution in [0.4, 0.5) is 0 Å². The Hall–Kier alpha value is 3.06. The molecule has 3 aliphatic rings. The number of hydrogen-bond acceptors (Lipinski definition) is 2. The summed E-state index contributed by atoms with van der Waals surface area (Å²) in [4.78, 5) is 0. The van der Waals surface area contributed by atoms with Crippen LogP contribution in [0, 0.1) is 0 Å². The molecule has 4 unspecified atom stereocenters. The summed E-state index contributed by atoms with van der Waals surface area (Å²) in [5.41, 5.74) is 0. The molecule has 0 amide bonds. The van der Waals surface area contributed by atoms with Gasteiger partial charge in [0.1, 0.15) is 0 Å². The molecule has 0 aromatic carbocycles. The molecule has 0 nitrogen and oxygen atoms in total. The fraction of sp³-hybridized carbons (Fsp3) is 0.833. The van der Waals surface area contributed by atoms with Gasteiger partial charge < -0.3 is 0 Å². The predicted octanol–water partition coefficient (Wildman–Crippen LogP) is 1.51. The van der Waals surface area contributed by atoms with Crippen molar-refractivity contribution in [1.82, 2.24) is 0 Å². The standard InChI is InChI=1S/C12H16S2Se2Te2/c15-9(1-7-3-13-7)11-5-17-6-12(18-11)10(16)2-8-4-14-8/h7-8,11-12H,1-6H2. The number of thioether (sulfide) groups is 2. The van der Waals surface area contributed by atoms with E-state index < -0.39 is 0 Å². The topological polar surface area (TPSA) is 0 Å². The molecule has 0 aromatic rings. The third-order valence-corrected chi connectivity index (χ3v) is 21.0. The maximum absolute atomic E-state index is 3.46. The first-order valence-corrected chi connectivity index (χ1v) is 16.0. The van der Waals surface area contributed by atoms with E-state index in [2.05, 4.69) is 54.7 Å². The Morgan fingerprint density at radius 1 is 0.944 bits per heavy atom. The van der Waals surface area contributed by atoms with Gasteiger partial charge in [-0.3, -0.25) is 0 Å². The Bertz CT molecular complexity index is 324. The molecule has 0 radical (unpaired) electrons. The van der Waals surface area contributed by atoms with Gasteiger partial charge in [0.15, 0.2) is 0 Å². The third-order valence-electron chi connectivity index (χ3n) is 3.25. The van der Waals surface area contributed by atoms with E-state index in [4.69, 9.17) is 0 Å². The molecule has 0 aromatic heterocycles. The van der Waals surface area contributed by atoms with E-state index in [1.165, 1.54) is 24.3 Å². The second-order valence-corrected chi connectivity index (χ2v) is 16.9. The summed E-state index contributed by atoms with van der Waals surface area (Å²) in [5, 5.41) is 1.99. The van der Waals surface area contributed by atoms with Crippen LogP contribution >= 0.6 is 23.5 Å². The van der Waals surface area contributed by atoms with Crippen LogP contribution in [-0.4, -0.2) is 104 Å². The average molecular weight is 638 g/mol. The van der Waals surface area contributed by atoms with Crippen LogP contribution in [0.3, 0.4) is 0 Å². The van der Waals surface area contributed by atoms with E-state index in [1.54, 1.807) is 17.8 Å². The molecule has 100 valence electrons. The number of hydrogen-bond donors (Lipinski definition) is 0. The minimum atomic E-state index is 0.176. The zero-order valence-corrected chi connectivity index (χ0v) is 19.7. The Labute approximate surface area is 155 Å². The van der Waals surface area contributed by atoms with E-state index in [0.29, 0.717) is 20.9 Å². The van der Waals surface area contributed by atoms with Gasteiger partial charge in [-0.1, -0.05) is 0 Å². The number of rotatable bonds is 6. The molecule has 0 spiro atoms. The van der Waals surface area contributed by atoms with Crippen molar-refractivity contribution >= 4 is 105 Å². The van der Waals surface area contributed by atoms with Gasteiger partial charge in [-0.15, -0.1) is 0 Å². The Kier molecular flexibility index (Phi) is 6.69. The van der Waals surface area contributed by atoms with E-state index >= 15 is 0 Å². The van der Waals surface area contributed by atoms with Crippen LogP contribution in [-0.2, 0) is 0 Å². The summed E-state index contributed by atoms with van der Waals surface area (Å²) in [6.07, 6.45) is 2.81. The van der Waals surface area contributed by atoms with Crippen LogP contribution in [0.2, 0.25) is 16.9 Å². The summed E-state index contributed by atoms with van der Waals surface area (Å²) in [7, 11) is 0. The van der Waals surface area contributed by atoms with E-state index in [9.17, 15) is 0 Å². The van der Waals surface area contributed by atoms with Gasteiger partial charge in [0.25, 0.3) is 0 Å². The maximum atomic E-state index is 3.46. The van der Waals surface area contributed by atoms with Crippen molar-refractivity contribution in [2.75, 3.05) is 11.5 Å². The SMILES string of the molecule is [Se]=C(CC1CS1)C1C[Te]CC(C(=[Se])CC2CS2)[Te]1. The molecule has 0 saturated carbocycles. The summed E-state index contributed by atoms with van der Waals surface area (Å²) in [5.74, 6) is 2.85. The molecule has 18 heavy (non-hydrogen) atoms. The molecule has 6 heteroatoms. The van der Waals surface area contributed by atoms with Crippen molar-refractivity contribution < 1.29 is 0 Å². The molecule has 4 atom stereocenters. The van der Waals surface area contributed by atoms with Gasteiger partial charge in [0, 0.05) is 0 Å². The molecule has 0 aliphatic carbocycles. The zero-order chi connectivity index (χ0) is 12.5. The molecular weight excluding hydrogens is 621 g/mol. The molecule has 3 fully saturated rings. The molecule has 0 bridgehead atoms. The van der Waals surface area contributed by atoms with Crippen molar-refractivity contribution in [2.45, 2.75) is 40.2 Å². The second-order valence-electron chi connectivity index (χ2n) is 4.90. The summed E-state index contributed by atoms with van der Waals surface area (Å²) >= 11 is 11.7. The van der Waals surface area contributed by atoms with E-state index in [-0.39, 0.29) is 20.9 Å². The van der Waals surface area contributed by atoms with Crippen LogP contribution in [0.5, 0.6) is 0 Å². The van der Waals surface area contributed by atoms with Gasteiger partial charge in [0.05, 0.1) is 0 Å². The minimum absolute atomic E-state index is 0.176. The fourth-order valence-electron chi connectivity index (χ4n) is 1.98. The van der Waals surface area contributed by atoms with Crippen molar-refractivity contribution in [3.8, 4) is 0 Å². The van der Waals surface area contributed by atoms with Gasteiger partial charge in [0.2, 0.25) is 0 Å². The zero-order valence-electron chi connectivity index (χ0n) is 10.0. The Morgan fingerprint density at radius 2 is 1.39 bits per heavy atom. The molecule has 3 aliphatic heterocycles. The first-order chi connectivity index (χ1) is 8.72. The molecule has 3 heterocycles. The van der Waals surface area contributed by atoms with E-state index in [0.717, 1.165) is 18.4 Å². The van der Waals surface area contributed by atoms with Gasteiger partial charge in [-0.2, -0.15) is 0 Å². The second kappa shape index (κ2) is 7.55. The first-order valence-electron chi connectivity index (χ1n) is 6.24. The van der Waals surface area contributed by atoms with E-state index in [1.807, 2.05) is 0 Å². The Morgan fingerprint density at radius 3 is 1.78 bits per heavy atom. The van der Waals surface area contributed by atoms with Crippen LogP contribution < -0.4 is 0 Å². The van der Waals surface area contributed by atoms with Gasteiger partial charge in [-0.05, 0) is 0 Å². The predicted molar refractivity (Wildman–Crippen MR) is 91.9 cm³/mol. The molecular formula is C12H16S2Se2Te2. The molecule has 3 rings (SSSR count). The summed E-state index contributed by atoms with van der Waals surface area (Å²) in [6, 6.07) is 0. The van der Waals surface area contributed by atoms with Crippen LogP contribution in [0.25, 0.3) is 0 Å². The van der Waals surface area contributed by atoms with Crippen molar-refractivity contribution in [1.29, 1.82) is 0 Å². The first kappa shape index (κ1) is 15.9. The molecule has 0 N–H and O–H groups in total. The summed E-state index contributed by atoms with van der Waals surface area (Å²) < 4.78 is 8.91. The van der Waals surface area contributed by atoms with Crippen molar-refractivity contribution in [2.24, 2.45) is 0 Å². The van der Waals surface area contributed by atoms with Crippen molar-refractivity contribution in [3.05, 3.63) is 0 Å². The monoisotopic (exact) mass is 644 g/mol. The normalized spacial score (nSPS) is 38.2. The van der Waals surface area contributed by atoms with Crippen molar-refractivity contribution in [3.63, 3.8) is 0 Å². The Balaban J connectivity index is 1.50. The van der Waals surface area contributed by atoms with Crippen LogP contribution in [0.1, 0.15) is 12.8 Å². The fourth-order valence-corrected chi connectivity index (χ4v) is 20.2.